The van der Waals surface area contributed by atoms with E-state index in [-0.39, 0.29) is 5.54 Å². The zero-order chi connectivity index (χ0) is 12.2. The van der Waals surface area contributed by atoms with Gasteiger partial charge in [0.15, 0.2) is 0 Å². The van der Waals surface area contributed by atoms with Gasteiger partial charge < -0.3 is 11.1 Å². The lowest BCUT2D eigenvalue weighted by Gasteiger charge is -2.20. The molecule has 0 aliphatic heterocycles. The highest BCUT2D eigenvalue weighted by Gasteiger charge is 2.10. The van der Waals surface area contributed by atoms with Crippen molar-refractivity contribution in [3.05, 3.63) is 29.3 Å². The number of anilines is 1. The molecule has 2 heteroatoms. The van der Waals surface area contributed by atoms with E-state index in [4.69, 9.17) is 5.73 Å². The quantitative estimate of drug-likeness (QED) is 0.800. The van der Waals surface area contributed by atoms with Crippen LogP contribution in [0.3, 0.4) is 0 Å². The van der Waals surface area contributed by atoms with E-state index in [1.165, 1.54) is 16.8 Å². The van der Waals surface area contributed by atoms with E-state index >= 15 is 0 Å². The zero-order valence-corrected chi connectivity index (χ0v) is 10.9. The summed E-state index contributed by atoms with van der Waals surface area (Å²) < 4.78 is 0. The topological polar surface area (TPSA) is 38.0 Å². The van der Waals surface area contributed by atoms with Crippen LogP contribution in [0.25, 0.3) is 0 Å². The Kier molecular flexibility index (Phi) is 4.36. The third-order valence-corrected chi connectivity index (χ3v) is 2.81. The molecule has 0 amide bonds. The van der Waals surface area contributed by atoms with Crippen LogP contribution < -0.4 is 11.1 Å². The van der Waals surface area contributed by atoms with Gasteiger partial charge >= 0.3 is 0 Å². The van der Waals surface area contributed by atoms with Crippen LogP contribution in [0.2, 0.25) is 0 Å². The molecule has 3 N–H and O–H groups in total. The van der Waals surface area contributed by atoms with Gasteiger partial charge in [-0.15, -0.1) is 0 Å². The Labute approximate surface area is 99.2 Å². The Morgan fingerprint density at radius 2 is 2.00 bits per heavy atom. The van der Waals surface area contributed by atoms with Crippen molar-refractivity contribution in [3.63, 3.8) is 0 Å². The number of hydrogen-bond acceptors (Lipinski definition) is 2. The molecule has 0 radical (unpaired) electrons. The lowest BCUT2D eigenvalue weighted by molar-refractivity contribution is 0.490. The van der Waals surface area contributed by atoms with Gasteiger partial charge in [0.25, 0.3) is 0 Å². The van der Waals surface area contributed by atoms with Crippen molar-refractivity contribution in [2.45, 2.75) is 46.1 Å². The lowest BCUT2D eigenvalue weighted by atomic mass is 10.0. The first-order chi connectivity index (χ1) is 7.44. The molecule has 2 nitrogen and oxygen atoms in total. The fraction of sp³-hybridized carbons (Fsp3) is 0.571. The van der Waals surface area contributed by atoms with Crippen molar-refractivity contribution < 1.29 is 0 Å². The summed E-state index contributed by atoms with van der Waals surface area (Å²) in [7, 11) is 0. The maximum Gasteiger partial charge on any atom is 0.0402 e. The van der Waals surface area contributed by atoms with Crippen LogP contribution in [0.1, 0.15) is 38.3 Å². The molecule has 0 spiro atoms. The van der Waals surface area contributed by atoms with Gasteiger partial charge in [-0.05, 0) is 44.7 Å². The van der Waals surface area contributed by atoms with Gasteiger partial charge in [-0.25, -0.2) is 0 Å². The Bertz CT molecular complexity index is 337. The van der Waals surface area contributed by atoms with Gasteiger partial charge in [0.2, 0.25) is 0 Å². The standard InChI is InChI=1S/C14H24N2/c1-5-12-8-6-7-11(2)13(12)16-10-9-14(3,4)15/h6-8,16H,5,9-10,15H2,1-4H3. The van der Waals surface area contributed by atoms with Crippen molar-refractivity contribution in [1.82, 2.24) is 0 Å². The number of para-hydroxylation sites is 1. The van der Waals surface area contributed by atoms with E-state index in [0.29, 0.717) is 0 Å². The third-order valence-electron chi connectivity index (χ3n) is 2.81. The predicted molar refractivity (Wildman–Crippen MR) is 71.9 cm³/mol. The fourth-order valence-corrected chi connectivity index (χ4v) is 1.79. The average molecular weight is 220 g/mol. The summed E-state index contributed by atoms with van der Waals surface area (Å²) in [5.74, 6) is 0. The minimum Gasteiger partial charge on any atom is -0.385 e. The molecule has 0 saturated carbocycles. The summed E-state index contributed by atoms with van der Waals surface area (Å²) in [5.41, 5.74) is 9.86. The second-order valence-electron chi connectivity index (χ2n) is 5.13. The molecule has 1 aromatic carbocycles. The van der Waals surface area contributed by atoms with Crippen molar-refractivity contribution >= 4 is 5.69 Å². The molecule has 0 aromatic heterocycles. The summed E-state index contributed by atoms with van der Waals surface area (Å²) in [6.45, 7) is 9.39. The number of rotatable bonds is 5. The summed E-state index contributed by atoms with van der Waals surface area (Å²) in [5, 5.41) is 3.51. The molecule has 0 atom stereocenters. The van der Waals surface area contributed by atoms with E-state index in [9.17, 15) is 0 Å². The molecule has 90 valence electrons. The number of nitrogens with one attached hydrogen (secondary N) is 1. The van der Waals surface area contributed by atoms with Gasteiger partial charge in [0.1, 0.15) is 0 Å². The lowest BCUT2D eigenvalue weighted by Crippen LogP contribution is -2.34. The molecule has 0 fully saturated rings. The molecule has 1 rings (SSSR count). The highest BCUT2D eigenvalue weighted by atomic mass is 14.9. The summed E-state index contributed by atoms with van der Waals surface area (Å²) in [6.07, 6.45) is 2.04. The molecule has 0 aliphatic rings. The smallest absolute Gasteiger partial charge is 0.0402 e. The van der Waals surface area contributed by atoms with Crippen molar-refractivity contribution in [3.8, 4) is 0 Å². The summed E-state index contributed by atoms with van der Waals surface area (Å²) in [4.78, 5) is 0. The molecule has 1 aromatic rings. The van der Waals surface area contributed by atoms with Crippen molar-refractivity contribution in [2.24, 2.45) is 5.73 Å². The Morgan fingerprint density at radius 3 is 2.56 bits per heavy atom. The monoisotopic (exact) mass is 220 g/mol. The highest BCUT2D eigenvalue weighted by molar-refractivity contribution is 5.57. The van der Waals surface area contributed by atoms with Crippen LogP contribution in [0.5, 0.6) is 0 Å². The van der Waals surface area contributed by atoms with E-state index < -0.39 is 0 Å². The van der Waals surface area contributed by atoms with Gasteiger partial charge in [0, 0.05) is 17.8 Å². The van der Waals surface area contributed by atoms with Gasteiger partial charge in [-0.3, -0.25) is 0 Å². The van der Waals surface area contributed by atoms with Crippen LogP contribution in [-0.2, 0) is 6.42 Å². The van der Waals surface area contributed by atoms with Crippen LogP contribution >= 0.6 is 0 Å². The van der Waals surface area contributed by atoms with Gasteiger partial charge in [0.05, 0.1) is 0 Å². The molecular formula is C14H24N2. The minimum atomic E-state index is -0.0952. The second-order valence-corrected chi connectivity index (χ2v) is 5.13. The maximum atomic E-state index is 5.97. The van der Waals surface area contributed by atoms with Gasteiger partial charge in [-0.1, -0.05) is 25.1 Å². The molecule has 0 saturated heterocycles. The first kappa shape index (κ1) is 13.0. The van der Waals surface area contributed by atoms with Gasteiger partial charge in [-0.2, -0.15) is 0 Å². The Balaban J connectivity index is 2.66. The number of hydrogen-bond donors (Lipinski definition) is 2. The number of benzene rings is 1. The predicted octanol–water partition coefficient (Wildman–Crippen LogP) is 3.10. The largest absolute Gasteiger partial charge is 0.385 e. The summed E-state index contributed by atoms with van der Waals surface area (Å²) in [6, 6.07) is 6.45. The van der Waals surface area contributed by atoms with E-state index in [0.717, 1.165) is 19.4 Å². The number of aryl methyl sites for hydroxylation is 2. The SMILES string of the molecule is CCc1cccc(C)c1NCCC(C)(C)N. The first-order valence-electron chi connectivity index (χ1n) is 6.05. The van der Waals surface area contributed by atoms with Crippen LogP contribution in [0, 0.1) is 6.92 Å². The fourth-order valence-electron chi connectivity index (χ4n) is 1.79. The van der Waals surface area contributed by atoms with E-state index in [2.05, 4.69) is 51.2 Å². The first-order valence-corrected chi connectivity index (χ1v) is 6.05. The Hall–Kier alpha value is -1.02. The minimum absolute atomic E-state index is 0.0952. The maximum absolute atomic E-state index is 5.97. The Morgan fingerprint density at radius 1 is 1.31 bits per heavy atom. The van der Waals surface area contributed by atoms with Crippen LogP contribution in [-0.4, -0.2) is 12.1 Å². The van der Waals surface area contributed by atoms with Crippen LogP contribution in [0.15, 0.2) is 18.2 Å². The third kappa shape index (κ3) is 3.86. The summed E-state index contributed by atoms with van der Waals surface area (Å²) >= 11 is 0. The molecule has 0 heterocycles. The van der Waals surface area contributed by atoms with Crippen molar-refractivity contribution in [1.29, 1.82) is 0 Å². The zero-order valence-electron chi connectivity index (χ0n) is 10.9. The molecule has 16 heavy (non-hydrogen) atoms. The highest BCUT2D eigenvalue weighted by Crippen LogP contribution is 2.21. The average Bonchev–Trinajstić information content (AvgIpc) is 2.18. The van der Waals surface area contributed by atoms with E-state index in [1.807, 2.05) is 0 Å². The van der Waals surface area contributed by atoms with Crippen LogP contribution in [0.4, 0.5) is 5.69 Å². The number of nitrogens with two attached hydrogens (primary N) is 1. The molecular weight excluding hydrogens is 196 g/mol. The van der Waals surface area contributed by atoms with Crippen molar-refractivity contribution in [2.75, 3.05) is 11.9 Å². The van der Waals surface area contributed by atoms with E-state index in [1.54, 1.807) is 0 Å². The molecule has 0 unspecified atom stereocenters. The molecule has 0 bridgehead atoms. The normalized spacial score (nSPS) is 11.6. The second kappa shape index (κ2) is 5.35. The molecule has 0 aliphatic carbocycles.